The number of nitrogens with zero attached hydrogens (tertiary/aromatic N) is 4. The summed E-state index contributed by atoms with van der Waals surface area (Å²) in [7, 11) is 0. The first-order valence-corrected chi connectivity index (χ1v) is 12.7. The molecule has 1 aliphatic heterocycles. The van der Waals surface area contributed by atoms with E-state index in [-0.39, 0.29) is 11.8 Å². The molecule has 1 amide bonds. The topological polar surface area (TPSA) is 87.4 Å². The van der Waals surface area contributed by atoms with Crippen molar-refractivity contribution in [3.05, 3.63) is 66.0 Å². The first-order chi connectivity index (χ1) is 16.9. The Morgan fingerprint density at radius 3 is 2.29 bits per heavy atom. The van der Waals surface area contributed by atoms with Gasteiger partial charge in [-0.3, -0.25) is 9.69 Å². The number of hydrogen-bond acceptors (Lipinski definition) is 6. The molecule has 35 heavy (non-hydrogen) atoms. The number of rotatable bonds is 10. The summed E-state index contributed by atoms with van der Waals surface area (Å²) >= 11 is 0. The highest BCUT2D eigenvalue weighted by molar-refractivity contribution is 5.91. The van der Waals surface area contributed by atoms with Crippen molar-refractivity contribution in [2.75, 3.05) is 38.0 Å². The molecule has 1 unspecified atom stereocenters. The Kier molecular flexibility index (Phi) is 8.31. The summed E-state index contributed by atoms with van der Waals surface area (Å²) in [5, 5.41) is 4.20. The maximum absolute atomic E-state index is 12.0. The molecule has 3 aromatic rings. The van der Waals surface area contributed by atoms with Crippen LogP contribution in [0.2, 0.25) is 0 Å². The number of fused-ring (bicyclic) bond motifs is 1. The number of amides is 1. The third kappa shape index (κ3) is 6.55. The molecule has 2 aromatic carbocycles. The van der Waals surface area contributed by atoms with Gasteiger partial charge in [0, 0.05) is 31.6 Å². The van der Waals surface area contributed by atoms with Crippen molar-refractivity contribution in [3.63, 3.8) is 0 Å². The van der Waals surface area contributed by atoms with Crippen LogP contribution in [-0.4, -0.2) is 64.4 Å². The van der Waals surface area contributed by atoms with Gasteiger partial charge in [0.25, 0.3) is 0 Å². The first kappa shape index (κ1) is 25.1. The van der Waals surface area contributed by atoms with E-state index in [1.165, 1.54) is 12.0 Å². The van der Waals surface area contributed by atoms with Crippen molar-refractivity contribution in [2.24, 2.45) is 11.7 Å². The summed E-state index contributed by atoms with van der Waals surface area (Å²) in [4.78, 5) is 26.6. The number of carbonyl (C=O) groups excluding carboxylic acids is 1. The average Bonchev–Trinajstić information content (AvgIpc) is 2.86. The van der Waals surface area contributed by atoms with Crippen molar-refractivity contribution in [3.8, 4) is 0 Å². The van der Waals surface area contributed by atoms with E-state index in [2.05, 4.69) is 52.4 Å². The molecule has 0 radical (unpaired) electrons. The van der Waals surface area contributed by atoms with Crippen LogP contribution in [-0.2, 0) is 11.3 Å². The number of primary amides is 1. The minimum absolute atomic E-state index is 0.0577. The number of nitrogens with two attached hydrogens (primary N) is 1. The number of piperazine rings is 1. The molecule has 7 nitrogen and oxygen atoms in total. The van der Waals surface area contributed by atoms with Gasteiger partial charge in [0.2, 0.25) is 5.91 Å². The predicted molar refractivity (Wildman–Crippen MR) is 142 cm³/mol. The van der Waals surface area contributed by atoms with Crippen LogP contribution in [0.4, 0.5) is 5.82 Å². The molecule has 1 saturated heterocycles. The van der Waals surface area contributed by atoms with Crippen molar-refractivity contribution in [1.29, 1.82) is 0 Å². The van der Waals surface area contributed by atoms with Gasteiger partial charge in [0.15, 0.2) is 0 Å². The summed E-state index contributed by atoms with van der Waals surface area (Å²) in [6.07, 6.45) is 1.17. The second kappa shape index (κ2) is 11.6. The Labute approximate surface area is 208 Å². The fourth-order valence-corrected chi connectivity index (χ4v) is 4.71. The van der Waals surface area contributed by atoms with Gasteiger partial charge in [-0.1, -0.05) is 63.2 Å². The zero-order chi connectivity index (χ0) is 24.8. The summed E-state index contributed by atoms with van der Waals surface area (Å²) in [5.74, 6) is 1.70. The van der Waals surface area contributed by atoms with Crippen LogP contribution < -0.4 is 11.1 Å². The molecular formula is C28H38N6O. The highest BCUT2D eigenvalue weighted by atomic mass is 16.1. The Balaban J connectivity index is 1.37. The standard InChI is InChI=1S/C28H38N6O/c1-20(2)26(27(29)35)32-28-23-11-7-8-12-24(23)30-25(31-28)19-34-17-15-33(16-18-34)14-13-21(3)22-9-5-4-6-10-22/h4-12,20-21,26H,13-19H2,1-3H3,(H2,29,35)(H,30,31,32)/t21?,26-/m0/s1. The number of hydrogen-bond donors (Lipinski definition) is 2. The Morgan fingerprint density at radius 2 is 1.60 bits per heavy atom. The van der Waals surface area contributed by atoms with Crippen molar-refractivity contribution in [2.45, 2.75) is 45.7 Å². The average molecular weight is 475 g/mol. The summed E-state index contributed by atoms with van der Waals surface area (Å²) in [6.45, 7) is 12.2. The number of anilines is 1. The maximum Gasteiger partial charge on any atom is 0.240 e. The van der Waals surface area contributed by atoms with Crippen LogP contribution in [0.3, 0.4) is 0 Å². The van der Waals surface area contributed by atoms with Crippen LogP contribution in [0, 0.1) is 5.92 Å². The lowest BCUT2D eigenvalue weighted by Gasteiger charge is -2.34. The number of nitrogens with one attached hydrogen (secondary N) is 1. The quantitative estimate of drug-likeness (QED) is 0.464. The molecule has 3 N–H and O–H groups in total. The van der Waals surface area contributed by atoms with E-state index in [1.807, 2.05) is 38.1 Å². The Hall–Kier alpha value is -3.03. The van der Waals surface area contributed by atoms with Gasteiger partial charge in [-0.05, 0) is 42.5 Å². The van der Waals surface area contributed by atoms with Gasteiger partial charge in [-0.25, -0.2) is 9.97 Å². The van der Waals surface area contributed by atoms with Crippen LogP contribution >= 0.6 is 0 Å². The molecule has 0 saturated carbocycles. The van der Waals surface area contributed by atoms with Crippen molar-refractivity contribution in [1.82, 2.24) is 19.8 Å². The second-order valence-electron chi connectivity index (χ2n) is 9.99. The van der Waals surface area contributed by atoms with E-state index in [0.29, 0.717) is 18.3 Å². The van der Waals surface area contributed by atoms with E-state index in [1.54, 1.807) is 0 Å². The zero-order valence-corrected chi connectivity index (χ0v) is 21.2. The normalized spacial score (nSPS) is 16.9. The van der Waals surface area contributed by atoms with Crippen LogP contribution in [0.1, 0.15) is 44.5 Å². The molecule has 2 atom stereocenters. The predicted octanol–water partition coefficient (Wildman–Crippen LogP) is 3.86. The second-order valence-corrected chi connectivity index (χ2v) is 9.99. The number of para-hydroxylation sites is 1. The maximum atomic E-state index is 12.0. The number of aromatic nitrogens is 2. The van der Waals surface area contributed by atoms with Gasteiger partial charge in [-0.15, -0.1) is 0 Å². The number of benzene rings is 2. The minimum atomic E-state index is -0.483. The SMILES string of the molecule is CC(CCN1CCN(Cc2nc(N[C@H](C(N)=O)C(C)C)c3ccccc3n2)CC1)c1ccccc1. The molecule has 1 aromatic heterocycles. The van der Waals surface area contributed by atoms with Crippen LogP contribution in [0.15, 0.2) is 54.6 Å². The smallest absolute Gasteiger partial charge is 0.240 e. The lowest BCUT2D eigenvalue weighted by Crippen LogP contribution is -2.46. The molecular weight excluding hydrogens is 436 g/mol. The molecule has 4 rings (SSSR count). The molecule has 186 valence electrons. The van der Waals surface area contributed by atoms with Gasteiger partial charge < -0.3 is 16.0 Å². The highest BCUT2D eigenvalue weighted by Gasteiger charge is 2.23. The zero-order valence-electron chi connectivity index (χ0n) is 21.2. The molecule has 7 heteroatoms. The lowest BCUT2D eigenvalue weighted by molar-refractivity contribution is -0.119. The van der Waals surface area contributed by atoms with E-state index in [4.69, 9.17) is 15.7 Å². The third-order valence-electron chi connectivity index (χ3n) is 6.99. The van der Waals surface area contributed by atoms with Crippen molar-refractivity contribution >= 4 is 22.6 Å². The fraction of sp³-hybridized carbons (Fsp3) is 0.464. The van der Waals surface area contributed by atoms with E-state index in [0.717, 1.165) is 49.5 Å². The van der Waals surface area contributed by atoms with Gasteiger partial charge in [-0.2, -0.15) is 0 Å². The third-order valence-corrected chi connectivity index (χ3v) is 6.99. The summed E-state index contributed by atoms with van der Waals surface area (Å²) in [5.41, 5.74) is 7.94. The number of carbonyl (C=O) groups is 1. The Bertz CT molecular complexity index is 1110. The minimum Gasteiger partial charge on any atom is -0.368 e. The molecule has 0 aliphatic carbocycles. The molecule has 0 spiro atoms. The van der Waals surface area contributed by atoms with Crippen LogP contribution in [0.25, 0.3) is 10.9 Å². The summed E-state index contributed by atoms with van der Waals surface area (Å²) < 4.78 is 0. The fourth-order valence-electron chi connectivity index (χ4n) is 4.71. The largest absolute Gasteiger partial charge is 0.368 e. The van der Waals surface area contributed by atoms with E-state index >= 15 is 0 Å². The van der Waals surface area contributed by atoms with Crippen LogP contribution in [0.5, 0.6) is 0 Å². The van der Waals surface area contributed by atoms with Gasteiger partial charge in [0.05, 0.1) is 12.1 Å². The van der Waals surface area contributed by atoms with E-state index < -0.39 is 6.04 Å². The monoisotopic (exact) mass is 474 g/mol. The molecule has 2 heterocycles. The first-order valence-electron chi connectivity index (χ1n) is 12.7. The van der Waals surface area contributed by atoms with Gasteiger partial charge >= 0.3 is 0 Å². The highest BCUT2D eigenvalue weighted by Crippen LogP contribution is 2.23. The van der Waals surface area contributed by atoms with Crippen molar-refractivity contribution < 1.29 is 4.79 Å². The summed E-state index contributed by atoms with van der Waals surface area (Å²) in [6, 6.07) is 18.2. The molecule has 1 fully saturated rings. The molecule has 1 aliphatic rings. The van der Waals surface area contributed by atoms with Gasteiger partial charge in [0.1, 0.15) is 17.7 Å². The lowest BCUT2D eigenvalue weighted by atomic mass is 9.97. The molecule has 0 bridgehead atoms. The van der Waals surface area contributed by atoms with E-state index in [9.17, 15) is 4.79 Å². The Morgan fingerprint density at radius 1 is 0.943 bits per heavy atom.